The van der Waals surface area contributed by atoms with Gasteiger partial charge in [0.2, 0.25) is 0 Å². The van der Waals surface area contributed by atoms with Crippen LogP contribution in [0.2, 0.25) is 5.02 Å². The molecule has 0 saturated heterocycles. The van der Waals surface area contributed by atoms with Crippen molar-refractivity contribution < 1.29 is 4.39 Å². The number of nitrogens with one attached hydrogen (secondary N) is 1. The Hall–Kier alpha value is -1.28. The zero-order valence-electron chi connectivity index (χ0n) is 9.06. The van der Waals surface area contributed by atoms with E-state index >= 15 is 0 Å². The zero-order valence-corrected chi connectivity index (χ0v) is 9.81. The van der Waals surface area contributed by atoms with Crippen molar-refractivity contribution in [1.29, 1.82) is 0 Å². The molecule has 0 bridgehead atoms. The number of hydrogen-bond donors (Lipinski definition) is 1. The van der Waals surface area contributed by atoms with Gasteiger partial charge >= 0.3 is 0 Å². The molecule has 0 fully saturated rings. The Labute approximate surface area is 99.6 Å². The van der Waals surface area contributed by atoms with Gasteiger partial charge in [-0.15, -0.1) is 0 Å². The molecule has 1 aromatic carbocycles. The van der Waals surface area contributed by atoms with Crippen LogP contribution in [0, 0.1) is 5.82 Å². The minimum atomic E-state index is -0.359. The molecule has 1 aliphatic rings. The summed E-state index contributed by atoms with van der Waals surface area (Å²) < 4.78 is 13.2. The second-order valence-electron chi connectivity index (χ2n) is 3.98. The summed E-state index contributed by atoms with van der Waals surface area (Å²) in [5.74, 6) is -0.359. The molecule has 2 rings (SSSR count). The van der Waals surface area contributed by atoms with E-state index in [1.807, 2.05) is 12.1 Å². The minimum Gasteiger partial charge on any atom is -0.384 e. The van der Waals surface area contributed by atoms with Crippen molar-refractivity contribution in [2.45, 2.75) is 13.3 Å². The Morgan fingerprint density at radius 1 is 1.38 bits per heavy atom. The van der Waals surface area contributed by atoms with Gasteiger partial charge in [-0.25, -0.2) is 4.39 Å². The van der Waals surface area contributed by atoms with Gasteiger partial charge in [0.25, 0.3) is 0 Å². The van der Waals surface area contributed by atoms with Crippen molar-refractivity contribution in [3.8, 4) is 0 Å². The first-order valence-electron chi connectivity index (χ1n) is 5.19. The smallest absolute Gasteiger partial charge is 0.142 e. The lowest BCUT2D eigenvalue weighted by Gasteiger charge is -2.15. The van der Waals surface area contributed by atoms with Gasteiger partial charge in [-0.1, -0.05) is 29.3 Å². The Morgan fingerprint density at radius 3 is 2.81 bits per heavy atom. The Bertz CT molecular complexity index is 463. The summed E-state index contributed by atoms with van der Waals surface area (Å²) in [6, 6.07) is 4.92. The summed E-state index contributed by atoms with van der Waals surface area (Å²) >= 11 is 5.63. The molecule has 1 N–H and O–H groups in total. The van der Waals surface area contributed by atoms with Gasteiger partial charge in [-0.3, -0.25) is 0 Å². The third-order valence-electron chi connectivity index (χ3n) is 2.54. The van der Waals surface area contributed by atoms with Gasteiger partial charge < -0.3 is 5.32 Å². The summed E-state index contributed by atoms with van der Waals surface area (Å²) in [6.45, 7) is 2.93. The van der Waals surface area contributed by atoms with Crippen LogP contribution in [-0.2, 0) is 6.42 Å². The van der Waals surface area contributed by atoms with Crippen molar-refractivity contribution in [2.24, 2.45) is 0 Å². The van der Waals surface area contributed by atoms with Gasteiger partial charge in [0, 0.05) is 18.7 Å². The largest absolute Gasteiger partial charge is 0.384 e. The predicted molar refractivity (Wildman–Crippen MR) is 65.0 cm³/mol. The number of benzene rings is 1. The van der Waals surface area contributed by atoms with Gasteiger partial charge in [-0.05, 0) is 30.7 Å². The molecule has 84 valence electrons. The lowest BCUT2D eigenvalue weighted by atomic mass is 10.1. The first-order chi connectivity index (χ1) is 7.65. The maximum absolute atomic E-state index is 13.2. The molecule has 3 heteroatoms. The van der Waals surface area contributed by atoms with E-state index in [1.54, 1.807) is 6.07 Å². The van der Waals surface area contributed by atoms with Crippen LogP contribution in [0.25, 0.3) is 0 Å². The number of allylic oxidation sites excluding steroid dienone is 3. The molecular weight excluding hydrogens is 225 g/mol. The summed E-state index contributed by atoms with van der Waals surface area (Å²) in [7, 11) is 0. The molecule has 0 amide bonds. The number of dihydropyridines is 1. The first-order valence-corrected chi connectivity index (χ1v) is 5.57. The topological polar surface area (TPSA) is 12.0 Å². The van der Waals surface area contributed by atoms with E-state index in [0.29, 0.717) is 6.42 Å². The molecule has 0 spiro atoms. The quantitative estimate of drug-likeness (QED) is 0.831. The Balaban J connectivity index is 2.12. The van der Waals surface area contributed by atoms with Crippen molar-refractivity contribution >= 4 is 11.6 Å². The van der Waals surface area contributed by atoms with Crippen LogP contribution in [0.5, 0.6) is 0 Å². The van der Waals surface area contributed by atoms with E-state index in [1.165, 1.54) is 11.6 Å². The number of rotatable bonds is 2. The van der Waals surface area contributed by atoms with Gasteiger partial charge in [-0.2, -0.15) is 0 Å². The molecule has 0 saturated carbocycles. The SMILES string of the molecule is CC1=CC=C(Cc2ccc(Cl)c(F)c2)NC1. The lowest BCUT2D eigenvalue weighted by Crippen LogP contribution is -2.20. The van der Waals surface area contributed by atoms with Gasteiger partial charge in [0.05, 0.1) is 5.02 Å². The van der Waals surface area contributed by atoms with E-state index in [2.05, 4.69) is 18.3 Å². The van der Waals surface area contributed by atoms with Crippen LogP contribution in [-0.4, -0.2) is 6.54 Å². The highest BCUT2D eigenvalue weighted by Crippen LogP contribution is 2.18. The molecular formula is C13H13ClFN. The van der Waals surface area contributed by atoms with Gasteiger partial charge in [0.15, 0.2) is 0 Å². The number of halogens is 2. The second kappa shape index (κ2) is 4.71. The lowest BCUT2D eigenvalue weighted by molar-refractivity contribution is 0.626. The zero-order chi connectivity index (χ0) is 11.5. The Kier molecular flexibility index (Phi) is 3.30. The number of hydrogen-bond acceptors (Lipinski definition) is 1. The van der Waals surface area contributed by atoms with Gasteiger partial charge in [0.1, 0.15) is 5.82 Å². The molecule has 1 aliphatic heterocycles. The van der Waals surface area contributed by atoms with E-state index in [9.17, 15) is 4.39 Å². The molecule has 16 heavy (non-hydrogen) atoms. The van der Waals surface area contributed by atoms with Crippen LogP contribution in [0.1, 0.15) is 12.5 Å². The molecule has 0 aromatic heterocycles. The van der Waals surface area contributed by atoms with E-state index in [-0.39, 0.29) is 10.8 Å². The van der Waals surface area contributed by atoms with Crippen LogP contribution in [0.4, 0.5) is 4.39 Å². The molecule has 0 radical (unpaired) electrons. The minimum absolute atomic E-state index is 0.171. The molecule has 0 unspecified atom stereocenters. The normalized spacial score (nSPS) is 15.2. The molecule has 0 aliphatic carbocycles. The van der Waals surface area contributed by atoms with Crippen LogP contribution < -0.4 is 5.32 Å². The van der Waals surface area contributed by atoms with Crippen molar-refractivity contribution in [2.75, 3.05) is 6.54 Å². The summed E-state index contributed by atoms with van der Waals surface area (Å²) in [4.78, 5) is 0. The molecule has 1 heterocycles. The molecule has 1 nitrogen and oxygen atoms in total. The Morgan fingerprint density at radius 2 is 2.19 bits per heavy atom. The second-order valence-corrected chi connectivity index (χ2v) is 4.39. The first kappa shape index (κ1) is 11.2. The highest BCUT2D eigenvalue weighted by molar-refractivity contribution is 6.30. The third-order valence-corrected chi connectivity index (χ3v) is 2.85. The maximum atomic E-state index is 13.2. The average Bonchev–Trinajstić information content (AvgIpc) is 2.27. The van der Waals surface area contributed by atoms with Crippen molar-refractivity contribution in [1.82, 2.24) is 5.32 Å². The van der Waals surface area contributed by atoms with Crippen LogP contribution >= 0.6 is 11.6 Å². The third kappa shape index (κ3) is 2.64. The summed E-state index contributed by atoms with van der Waals surface area (Å²) in [5.41, 5.74) is 3.33. The van der Waals surface area contributed by atoms with Crippen LogP contribution in [0.3, 0.4) is 0 Å². The highest BCUT2D eigenvalue weighted by atomic mass is 35.5. The fourth-order valence-corrected chi connectivity index (χ4v) is 1.72. The van der Waals surface area contributed by atoms with Crippen molar-refractivity contribution in [3.63, 3.8) is 0 Å². The van der Waals surface area contributed by atoms with Crippen molar-refractivity contribution in [3.05, 3.63) is 58.0 Å². The van der Waals surface area contributed by atoms with E-state index < -0.39 is 0 Å². The van der Waals surface area contributed by atoms with E-state index in [0.717, 1.165) is 17.8 Å². The molecule has 0 atom stereocenters. The highest BCUT2D eigenvalue weighted by Gasteiger charge is 2.05. The average molecular weight is 238 g/mol. The van der Waals surface area contributed by atoms with Crippen LogP contribution in [0.15, 0.2) is 41.6 Å². The van der Waals surface area contributed by atoms with E-state index in [4.69, 9.17) is 11.6 Å². The summed E-state index contributed by atoms with van der Waals surface area (Å²) in [6.07, 6.45) is 4.82. The molecule has 1 aromatic rings. The fraction of sp³-hybridized carbons (Fsp3) is 0.231. The fourth-order valence-electron chi connectivity index (χ4n) is 1.60. The monoisotopic (exact) mass is 237 g/mol. The predicted octanol–water partition coefficient (Wildman–Crippen LogP) is 3.46. The summed E-state index contributed by atoms with van der Waals surface area (Å²) in [5, 5.41) is 3.46. The maximum Gasteiger partial charge on any atom is 0.142 e. The standard InChI is InChI=1S/C13H13ClFN/c1-9-2-4-11(16-8-9)6-10-3-5-12(14)13(15)7-10/h2-5,7,16H,6,8H2,1H3.